The quantitative estimate of drug-likeness (QED) is 0.707. The number of benzene rings is 1. The number of aromatic nitrogens is 2. The van der Waals surface area contributed by atoms with Crippen molar-refractivity contribution < 1.29 is 5.11 Å². The molecule has 0 saturated heterocycles. The van der Waals surface area contributed by atoms with E-state index in [1.54, 1.807) is 31.3 Å². The molecule has 4 nitrogen and oxygen atoms in total. The van der Waals surface area contributed by atoms with Gasteiger partial charge in [-0.25, -0.2) is 0 Å². The first-order chi connectivity index (χ1) is 6.68. The molecule has 0 unspecified atom stereocenters. The molecule has 2 N–H and O–H groups in total. The van der Waals surface area contributed by atoms with Gasteiger partial charge in [0, 0.05) is 18.7 Å². The van der Waals surface area contributed by atoms with Gasteiger partial charge in [-0.15, -0.1) is 0 Å². The van der Waals surface area contributed by atoms with E-state index in [-0.39, 0.29) is 11.3 Å². The number of aryl methyl sites for hydroxylation is 1. The van der Waals surface area contributed by atoms with E-state index in [1.165, 1.54) is 10.7 Å². The number of hydrogen-bond acceptors (Lipinski definition) is 2. The number of aromatic hydroxyl groups is 1. The maximum absolute atomic E-state index is 11.2. The van der Waals surface area contributed by atoms with Crippen LogP contribution in [-0.2, 0) is 7.05 Å². The van der Waals surface area contributed by atoms with E-state index < -0.39 is 0 Å². The highest BCUT2D eigenvalue weighted by molar-refractivity contribution is 5.65. The van der Waals surface area contributed by atoms with Gasteiger partial charge in [-0.1, -0.05) is 12.1 Å². The van der Waals surface area contributed by atoms with Crippen LogP contribution in [0, 0.1) is 0 Å². The Morgan fingerprint density at radius 2 is 2.07 bits per heavy atom. The van der Waals surface area contributed by atoms with E-state index >= 15 is 0 Å². The molecule has 0 spiro atoms. The molecular formula is C10H10N2O2. The van der Waals surface area contributed by atoms with Crippen LogP contribution in [0.2, 0.25) is 0 Å². The second-order valence-electron chi connectivity index (χ2n) is 3.08. The molecule has 0 aliphatic heterocycles. The van der Waals surface area contributed by atoms with E-state index in [0.29, 0.717) is 11.3 Å². The Morgan fingerprint density at radius 1 is 1.36 bits per heavy atom. The van der Waals surface area contributed by atoms with Crippen molar-refractivity contribution in [2.75, 3.05) is 0 Å². The number of hydrogen-bond donors (Lipinski definition) is 2. The lowest BCUT2D eigenvalue weighted by Crippen LogP contribution is -2.09. The Labute approximate surface area is 80.4 Å². The molecule has 0 radical (unpaired) electrons. The zero-order chi connectivity index (χ0) is 10.1. The van der Waals surface area contributed by atoms with Crippen molar-refractivity contribution in [3.05, 3.63) is 40.7 Å². The minimum absolute atomic E-state index is 0.122. The van der Waals surface area contributed by atoms with Gasteiger partial charge in [-0.3, -0.25) is 14.6 Å². The molecule has 1 heterocycles. The average molecular weight is 190 g/mol. The summed E-state index contributed by atoms with van der Waals surface area (Å²) < 4.78 is 1.36. The molecule has 14 heavy (non-hydrogen) atoms. The Kier molecular flexibility index (Phi) is 1.89. The van der Waals surface area contributed by atoms with Gasteiger partial charge in [0.05, 0.1) is 5.69 Å². The summed E-state index contributed by atoms with van der Waals surface area (Å²) in [5, 5.41) is 12.4. The Bertz CT molecular complexity index is 511. The fourth-order valence-electron chi connectivity index (χ4n) is 1.33. The van der Waals surface area contributed by atoms with Crippen molar-refractivity contribution >= 4 is 0 Å². The van der Waals surface area contributed by atoms with Crippen molar-refractivity contribution in [2.45, 2.75) is 0 Å². The smallest absolute Gasteiger partial charge is 0.266 e. The summed E-state index contributed by atoms with van der Waals surface area (Å²) in [7, 11) is 1.63. The minimum atomic E-state index is -0.122. The van der Waals surface area contributed by atoms with Gasteiger partial charge in [0.2, 0.25) is 0 Å². The molecule has 0 atom stereocenters. The molecule has 4 heteroatoms. The van der Waals surface area contributed by atoms with Crippen molar-refractivity contribution in [3.8, 4) is 17.0 Å². The highest BCUT2D eigenvalue weighted by Gasteiger charge is 2.06. The fraction of sp³-hybridized carbons (Fsp3) is 0.100. The third-order valence-electron chi connectivity index (χ3n) is 2.08. The molecule has 0 saturated carbocycles. The monoisotopic (exact) mass is 190 g/mol. The molecule has 0 fully saturated rings. The zero-order valence-electron chi connectivity index (χ0n) is 7.69. The van der Waals surface area contributed by atoms with E-state index in [0.717, 1.165) is 0 Å². The number of nitrogens with one attached hydrogen (secondary N) is 1. The lowest BCUT2D eigenvalue weighted by Gasteiger charge is -2.00. The summed E-state index contributed by atoms with van der Waals surface area (Å²) in [6, 6.07) is 8.33. The molecule has 1 aromatic heterocycles. The number of para-hydroxylation sites is 1. The molecule has 72 valence electrons. The van der Waals surface area contributed by atoms with E-state index in [2.05, 4.69) is 5.10 Å². The molecule has 2 aromatic rings. The summed E-state index contributed by atoms with van der Waals surface area (Å²) in [6.45, 7) is 0. The van der Waals surface area contributed by atoms with E-state index in [4.69, 9.17) is 0 Å². The maximum Gasteiger partial charge on any atom is 0.266 e. The third-order valence-corrected chi connectivity index (χ3v) is 2.08. The summed E-state index contributed by atoms with van der Waals surface area (Å²) in [6.07, 6.45) is 0. The summed E-state index contributed by atoms with van der Waals surface area (Å²) in [5.74, 6) is 0.161. The molecule has 1 aromatic carbocycles. The first-order valence-corrected chi connectivity index (χ1v) is 4.23. The SMILES string of the molecule is Cn1[nH]c(-c2ccccc2O)cc1=O. The average Bonchev–Trinajstić information content (AvgIpc) is 2.48. The van der Waals surface area contributed by atoms with Crippen LogP contribution in [0.25, 0.3) is 11.3 Å². The summed E-state index contributed by atoms with van der Waals surface area (Å²) in [4.78, 5) is 11.2. The minimum Gasteiger partial charge on any atom is -0.507 e. The third kappa shape index (κ3) is 1.31. The predicted molar refractivity (Wildman–Crippen MR) is 53.1 cm³/mol. The topological polar surface area (TPSA) is 58.0 Å². The van der Waals surface area contributed by atoms with Crippen LogP contribution in [0.1, 0.15) is 0 Å². The van der Waals surface area contributed by atoms with Crippen molar-refractivity contribution in [1.29, 1.82) is 0 Å². The first-order valence-electron chi connectivity index (χ1n) is 4.23. The number of aromatic amines is 1. The normalized spacial score (nSPS) is 10.4. The van der Waals surface area contributed by atoms with Crippen molar-refractivity contribution in [2.24, 2.45) is 7.05 Å². The Balaban J connectivity index is 2.60. The van der Waals surface area contributed by atoms with Crippen LogP contribution in [0.3, 0.4) is 0 Å². The Hall–Kier alpha value is -1.97. The van der Waals surface area contributed by atoms with Crippen LogP contribution in [0.5, 0.6) is 5.75 Å². The van der Waals surface area contributed by atoms with E-state index in [9.17, 15) is 9.90 Å². The molecule has 0 bridgehead atoms. The number of phenols is 1. The van der Waals surface area contributed by atoms with Crippen LogP contribution >= 0.6 is 0 Å². The van der Waals surface area contributed by atoms with Gasteiger partial charge in [0.25, 0.3) is 5.56 Å². The molecule has 2 rings (SSSR count). The van der Waals surface area contributed by atoms with Crippen LogP contribution < -0.4 is 5.56 Å². The second-order valence-corrected chi connectivity index (χ2v) is 3.08. The van der Waals surface area contributed by atoms with Crippen molar-refractivity contribution in [3.63, 3.8) is 0 Å². The number of rotatable bonds is 1. The lowest BCUT2D eigenvalue weighted by atomic mass is 10.1. The second kappa shape index (κ2) is 3.06. The molecule has 0 aliphatic rings. The number of nitrogens with zero attached hydrogens (tertiary/aromatic N) is 1. The number of phenolic OH excluding ortho intramolecular Hbond substituents is 1. The first kappa shape index (κ1) is 8.62. The molecule has 0 aliphatic carbocycles. The van der Waals surface area contributed by atoms with Gasteiger partial charge < -0.3 is 5.11 Å². The predicted octanol–water partition coefficient (Wildman–Crippen LogP) is 1.09. The lowest BCUT2D eigenvalue weighted by molar-refractivity contribution is 0.477. The van der Waals surface area contributed by atoms with Crippen molar-refractivity contribution in [1.82, 2.24) is 9.78 Å². The highest BCUT2D eigenvalue weighted by Crippen LogP contribution is 2.25. The maximum atomic E-state index is 11.2. The van der Waals surface area contributed by atoms with Gasteiger partial charge in [0.1, 0.15) is 5.75 Å². The summed E-state index contributed by atoms with van der Waals surface area (Å²) in [5.41, 5.74) is 1.13. The standard InChI is InChI=1S/C10H10N2O2/c1-12-10(14)6-8(11-12)7-4-2-3-5-9(7)13/h2-6,11,13H,1H3. The fourth-order valence-corrected chi connectivity index (χ4v) is 1.33. The van der Waals surface area contributed by atoms with E-state index in [1.807, 2.05) is 0 Å². The number of H-pyrrole nitrogens is 1. The molecule has 0 amide bonds. The van der Waals surface area contributed by atoms with Gasteiger partial charge in [-0.2, -0.15) is 0 Å². The van der Waals surface area contributed by atoms with Crippen LogP contribution in [-0.4, -0.2) is 14.9 Å². The largest absolute Gasteiger partial charge is 0.507 e. The summed E-state index contributed by atoms with van der Waals surface area (Å²) >= 11 is 0. The Morgan fingerprint density at radius 3 is 2.64 bits per heavy atom. The highest BCUT2D eigenvalue weighted by atomic mass is 16.3. The van der Waals surface area contributed by atoms with Gasteiger partial charge >= 0.3 is 0 Å². The zero-order valence-corrected chi connectivity index (χ0v) is 7.69. The van der Waals surface area contributed by atoms with Crippen LogP contribution in [0.4, 0.5) is 0 Å². The van der Waals surface area contributed by atoms with Crippen LogP contribution in [0.15, 0.2) is 35.1 Å². The van der Waals surface area contributed by atoms with Gasteiger partial charge in [0.15, 0.2) is 0 Å². The van der Waals surface area contributed by atoms with Gasteiger partial charge in [-0.05, 0) is 12.1 Å². The molecular weight excluding hydrogens is 180 g/mol.